The first-order chi connectivity index (χ1) is 7.57. The van der Waals surface area contributed by atoms with Gasteiger partial charge in [0, 0.05) is 19.9 Å². The van der Waals surface area contributed by atoms with E-state index in [0.29, 0.717) is 19.4 Å². The first kappa shape index (κ1) is 12.6. The summed E-state index contributed by atoms with van der Waals surface area (Å²) in [5.41, 5.74) is 0. The second-order valence-electron chi connectivity index (χ2n) is 3.95. The van der Waals surface area contributed by atoms with E-state index in [4.69, 9.17) is 0 Å². The minimum absolute atomic E-state index is 0.0187. The molecule has 0 aromatic rings. The molecule has 1 fully saturated rings. The summed E-state index contributed by atoms with van der Waals surface area (Å²) in [5.74, 6) is -1.01. The molecule has 4 nitrogen and oxygen atoms in total. The van der Waals surface area contributed by atoms with Crippen molar-refractivity contribution in [3.8, 4) is 0 Å². The van der Waals surface area contributed by atoms with E-state index in [1.165, 1.54) is 11.8 Å². The van der Waals surface area contributed by atoms with E-state index in [-0.39, 0.29) is 5.78 Å². The largest absolute Gasteiger partial charge is 0.326 e. The van der Waals surface area contributed by atoms with Gasteiger partial charge in [0.15, 0.2) is 5.78 Å². The SMILES string of the molecule is C/C=C/CC(=O)C1CCCN1C(=O)C(C)=O. The van der Waals surface area contributed by atoms with Gasteiger partial charge in [0.2, 0.25) is 5.78 Å². The number of carbonyl (C=O) groups is 3. The lowest BCUT2D eigenvalue weighted by Gasteiger charge is -2.21. The van der Waals surface area contributed by atoms with Gasteiger partial charge in [0.1, 0.15) is 0 Å². The van der Waals surface area contributed by atoms with Crippen molar-refractivity contribution in [1.29, 1.82) is 0 Å². The normalized spacial score (nSPS) is 20.4. The smallest absolute Gasteiger partial charge is 0.290 e. The number of Topliss-reactive ketones (excluding diaryl/α,β-unsaturated/α-hetero) is 2. The van der Waals surface area contributed by atoms with Crippen molar-refractivity contribution in [2.45, 2.75) is 39.2 Å². The van der Waals surface area contributed by atoms with Crippen LogP contribution in [0.1, 0.15) is 33.1 Å². The van der Waals surface area contributed by atoms with Gasteiger partial charge < -0.3 is 4.90 Å². The minimum Gasteiger partial charge on any atom is -0.326 e. The molecular formula is C12H17NO3. The average molecular weight is 223 g/mol. The van der Waals surface area contributed by atoms with Crippen LogP contribution in [0.15, 0.2) is 12.2 Å². The number of carbonyl (C=O) groups excluding carboxylic acids is 3. The summed E-state index contributed by atoms with van der Waals surface area (Å²) < 4.78 is 0. The predicted octanol–water partition coefficient (Wildman–Crippen LogP) is 1.10. The van der Waals surface area contributed by atoms with Gasteiger partial charge in [-0.05, 0) is 19.8 Å². The van der Waals surface area contributed by atoms with E-state index in [1.54, 1.807) is 6.08 Å². The maximum Gasteiger partial charge on any atom is 0.290 e. The maximum atomic E-state index is 11.8. The molecule has 0 N–H and O–H groups in total. The molecule has 0 saturated carbocycles. The Kier molecular flexibility index (Phi) is 4.40. The van der Waals surface area contributed by atoms with Crippen LogP contribution in [0.5, 0.6) is 0 Å². The molecule has 0 aromatic heterocycles. The standard InChI is InChI=1S/C12H17NO3/c1-3-4-7-11(15)10-6-5-8-13(10)12(16)9(2)14/h3-4,10H,5-8H2,1-2H3/b4-3+. The number of allylic oxidation sites excluding steroid dienone is 2. The van der Waals surface area contributed by atoms with Crippen molar-refractivity contribution in [3.63, 3.8) is 0 Å². The van der Waals surface area contributed by atoms with Crippen LogP contribution in [-0.4, -0.2) is 35.0 Å². The molecule has 4 heteroatoms. The zero-order valence-electron chi connectivity index (χ0n) is 9.73. The fourth-order valence-corrected chi connectivity index (χ4v) is 1.92. The number of amides is 1. The van der Waals surface area contributed by atoms with Crippen molar-refractivity contribution >= 4 is 17.5 Å². The summed E-state index contributed by atoms with van der Waals surface area (Å²) in [6, 6.07) is -0.396. The second-order valence-corrected chi connectivity index (χ2v) is 3.95. The lowest BCUT2D eigenvalue weighted by atomic mass is 10.1. The maximum absolute atomic E-state index is 11.8. The summed E-state index contributed by atoms with van der Waals surface area (Å²) >= 11 is 0. The number of rotatable bonds is 4. The van der Waals surface area contributed by atoms with Crippen molar-refractivity contribution < 1.29 is 14.4 Å². The highest BCUT2D eigenvalue weighted by molar-refractivity contribution is 6.35. The Balaban J connectivity index is 2.68. The van der Waals surface area contributed by atoms with Gasteiger partial charge in [-0.15, -0.1) is 0 Å². The van der Waals surface area contributed by atoms with Crippen LogP contribution in [0.4, 0.5) is 0 Å². The van der Waals surface area contributed by atoms with Crippen LogP contribution in [0, 0.1) is 0 Å². The first-order valence-electron chi connectivity index (χ1n) is 5.53. The average Bonchev–Trinajstić information content (AvgIpc) is 2.73. The molecule has 1 heterocycles. The highest BCUT2D eigenvalue weighted by Crippen LogP contribution is 2.19. The summed E-state index contributed by atoms with van der Waals surface area (Å²) in [5, 5.41) is 0. The Morgan fingerprint density at radius 2 is 2.06 bits per heavy atom. The summed E-state index contributed by atoms with van der Waals surface area (Å²) in [4.78, 5) is 35.7. The molecule has 1 atom stereocenters. The van der Waals surface area contributed by atoms with Crippen LogP contribution < -0.4 is 0 Å². The number of likely N-dealkylation sites (tertiary alicyclic amines) is 1. The van der Waals surface area contributed by atoms with Gasteiger partial charge in [0.05, 0.1) is 6.04 Å². The fourth-order valence-electron chi connectivity index (χ4n) is 1.92. The lowest BCUT2D eigenvalue weighted by Crippen LogP contribution is -2.43. The predicted molar refractivity (Wildman–Crippen MR) is 59.9 cm³/mol. The topological polar surface area (TPSA) is 54.5 Å². The third-order valence-corrected chi connectivity index (χ3v) is 2.74. The van der Waals surface area contributed by atoms with Crippen LogP contribution >= 0.6 is 0 Å². The lowest BCUT2D eigenvalue weighted by molar-refractivity contribution is -0.146. The zero-order chi connectivity index (χ0) is 12.1. The number of nitrogens with zero attached hydrogens (tertiary/aromatic N) is 1. The Bertz CT molecular complexity index is 333. The van der Waals surface area contributed by atoms with E-state index in [9.17, 15) is 14.4 Å². The van der Waals surface area contributed by atoms with Crippen LogP contribution in [0.3, 0.4) is 0 Å². The minimum atomic E-state index is -0.531. The van der Waals surface area contributed by atoms with E-state index >= 15 is 0 Å². The molecule has 1 aliphatic rings. The summed E-state index contributed by atoms with van der Waals surface area (Å²) in [7, 11) is 0. The highest BCUT2D eigenvalue weighted by Gasteiger charge is 2.34. The third-order valence-electron chi connectivity index (χ3n) is 2.74. The van der Waals surface area contributed by atoms with Crippen molar-refractivity contribution in [3.05, 3.63) is 12.2 Å². The zero-order valence-corrected chi connectivity index (χ0v) is 9.73. The molecule has 88 valence electrons. The number of hydrogen-bond donors (Lipinski definition) is 0. The van der Waals surface area contributed by atoms with Crippen molar-refractivity contribution in [1.82, 2.24) is 4.90 Å². The van der Waals surface area contributed by atoms with Gasteiger partial charge >= 0.3 is 0 Å². The van der Waals surface area contributed by atoms with Gasteiger partial charge in [-0.3, -0.25) is 14.4 Å². The molecule has 0 radical (unpaired) electrons. The quantitative estimate of drug-likeness (QED) is 0.529. The van der Waals surface area contributed by atoms with Gasteiger partial charge in [-0.25, -0.2) is 0 Å². The molecule has 1 saturated heterocycles. The van der Waals surface area contributed by atoms with Gasteiger partial charge in [-0.1, -0.05) is 12.2 Å². The fraction of sp³-hybridized carbons (Fsp3) is 0.583. The van der Waals surface area contributed by atoms with Crippen LogP contribution in [0.25, 0.3) is 0 Å². The van der Waals surface area contributed by atoms with E-state index in [2.05, 4.69) is 0 Å². The van der Waals surface area contributed by atoms with Crippen molar-refractivity contribution in [2.24, 2.45) is 0 Å². The van der Waals surface area contributed by atoms with E-state index in [1.807, 2.05) is 13.0 Å². The van der Waals surface area contributed by atoms with Crippen molar-refractivity contribution in [2.75, 3.05) is 6.54 Å². The molecule has 0 aliphatic carbocycles. The first-order valence-corrected chi connectivity index (χ1v) is 5.53. The Hall–Kier alpha value is -1.45. The van der Waals surface area contributed by atoms with Gasteiger partial charge in [0.25, 0.3) is 5.91 Å². The van der Waals surface area contributed by atoms with E-state index < -0.39 is 17.7 Å². The summed E-state index contributed by atoms with van der Waals surface area (Å²) in [6.07, 6.45) is 5.39. The molecule has 0 aromatic carbocycles. The van der Waals surface area contributed by atoms with E-state index in [0.717, 1.165) is 6.42 Å². The molecule has 1 amide bonds. The molecule has 0 bridgehead atoms. The molecule has 16 heavy (non-hydrogen) atoms. The highest BCUT2D eigenvalue weighted by atomic mass is 16.2. The Morgan fingerprint density at radius 1 is 1.38 bits per heavy atom. The molecule has 1 rings (SSSR count). The molecular weight excluding hydrogens is 206 g/mol. The van der Waals surface area contributed by atoms with Crippen LogP contribution in [0.2, 0.25) is 0 Å². The third kappa shape index (κ3) is 2.78. The Labute approximate surface area is 95.3 Å². The van der Waals surface area contributed by atoms with Gasteiger partial charge in [-0.2, -0.15) is 0 Å². The number of ketones is 2. The van der Waals surface area contributed by atoms with Crippen LogP contribution in [-0.2, 0) is 14.4 Å². The summed E-state index contributed by atoms with van der Waals surface area (Å²) in [6.45, 7) is 3.61. The monoisotopic (exact) mass is 223 g/mol. The number of hydrogen-bond acceptors (Lipinski definition) is 3. The molecule has 1 unspecified atom stereocenters. The second kappa shape index (κ2) is 5.58. The Morgan fingerprint density at radius 3 is 2.62 bits per heavy atom. The molecule has 0 spiro atoms. The molecule has 1 aliphatic heterocycles.